The zero-order valence-corrected chi connectivity index (χ0v) is 12.3. The number of rotatable bonds is 5. The van der Waals surface area contributed by atoms with E-state index < -0.39 is 0 Å². The lowest BCUT2D eigenvalue weighted by Crippen LogP contribution is -2.12. The van der Waals surface area contributed by atoms with E-state index in [1.54, 1.807) is 6.92 Å². The molecule has 3 nitrogen and oxygen atoms in total. The van der Waals surface area contributed by atoms with Crippen molar-refractivity contribution in [3.05, 3.63) is 65.7 Å². The van der Waals surface area contributed by atoms with Crippen LogP contribution in [0.2, 0.25) is 0 Å². The van der Waals surface area contributed by atoms with E-state index >= 15 is 0 Å². The molecule has 2 aromatic rings. The van der Waals surface area contributed by atoms with Crippen molar-refractivity contribution >= 4 is 17.7 Å². The van der Waals surface area contributed by atoms with Crippen LogP contribution >= 0.6 is 0 Å². The van der Waals surface area contributed by atoms with E-state index in [1.807, 2.05) is 67.6 Å². The van der Waals surface area contributed by atoms with Gasteiger partial charge >= 0.3 is 0 Å². The zero-order valence-electron chi connectivity index (χ0n) is 12.3. The normalized spacial score (nSPS) is 11.0. The lowest BCUT2D eigenvalue weighted by Gasteiger charge is -2.07. The van der Waals surface area contributed by atoms with Crippen molar-refractivity contribution in [1.82, 2.24) is 0 Å². The molecule has 0 atom stereocenters. The number of anilines is 1. The third-order valence-corrected chi connectivity index (χ3v) is 2.96. The van der Waals surface area contributed by atoms with Crippen molar-refractivity contribution in [3.63, 3.8) is 0 Å². The fraction of sp³-hybridized carbons (Fsp3) is 0.167. The van der Waals surface area contributed by atoms with Crippen LogP contribution in [0.25, 0.3) is 6.08 Å². The Labute approximate surface area is 125 Å². The number of hydrogen-bond donors (Lipinski definition) is 1. The Morgan fingerprint density at radius 3 is 2.38 bits per heavy atom. The number of hydrogen-bond acceptors (Lipinski definition) is 2. The molecule has 21 heavy (non-hydrogen) atoms. The van der Waals surface area contributed by atoms with Crippen LogP contribution < -0.4 is 10.1 Å². The Balaban J connectivity index is 2.02. The number of nitrogens with one attached hydrogen (secondary N) is 1. The van der Waals surface area contributed by atoms with Gasteiger partial charge in [0.25, 0.3) is 5.91 Å². The fourth-order valence-electron chi connectivity index (χ4n) is 1.90. The SMILES string of the molecule is CCOc1ccc(NC(=O)/C(C)=C/c2ccccc2)cc1. The molecule has 0 aliphatic rings. The maximum absolute atomic E-state index is 12.1. The van der Waals surface area contributed by atoms with E-state index in [0.717, 1.165) is 17.0 Å². The maximum Gasteiger partial charge on any atom is 0.251 e. The van der Waals surface area contributed by atoms with Crippen LogP contribution in [0.1, 0.15) is 19.4 Å². The summed E-state index contributed by atoms with van der Waals surface area (Å²) in [6.07, 6.45) is 1.86. The predicted octanol–water partition coefficient (Wildman–Crippen LogP) is 4.13. The summed E-state index contributed by atoms with van der Waals surface area (Å²) in [6, 6.07) is 17.1. The topological polar surface area (TPSA) is 38.3 Å². The molecule has 0 heterocycles. The molecule has 0 spiro atoms. The predicted molar refractivity (Wildman–Crippen MR) is 86.3 cm³/mol. The molecule has 1 amide bonds. The Kier molecular flexibility index (Phi) is 5.16. The Bertz CT molecular complexity index is 615. The molecule has 1 N–H and O–H groups in total. The first-order valence-electron chi connectivity index (χ1n) is 6.96. The van der Waals surface area contributed by atoms with Crippen LogP contribution in [-0.2, 0) is 4.79 Å². The van der Waals surface area contributed by atoms with Crippen LogP contribution in [0.5, 0.6) is 5.75 Å². The molecule has 2 rings (SSSR count). The van der Waals surface area contributed by atoms with Gasteiger partial charge in [-0.3, -0.25) is 4.79 Å². The molecular formula is C18H19NO2. The lowest BCUT2D eigenvalue weighted by atomic mass is 10.1. The molecule has 0 aromatic heterocycles. The van der Waals surface area contributed by atoms with Gasteiger partial charge in [-0.1, -0.05) is 30.3 Å². The molecule has 0 aliphatic heterocycles. The molecule has 0 saturated carbocycles. The monoisotopic (exact) mass is 281 g/mol. The highest BCUT2D eigenvalue weighted by Gasteiger charge is 2.05. The molecule has 0 bridgehead atoms. The molecular weight excluding hydrogens is 262 g/mol. The zero-order chi connectivity index (χ0) is 15.1. The summed E-state index contributed by atoms with van der Waals surface area (Å²) in [5.74, 6) is 0.690. The fourth-order valence-corrected chi connectivity index (χ4v) is 1.90. The second-order valence-electron chi connectivity index (χ2n) is 4.65. The number of ether oxygens (including phenoxy) is 1. The minimum Gasteiger partial charge on any atom is -0.494 e. The summed E-state index contributed by atoms with van der Waals surface area (Å²) < 4.78 is 5.37. The summed E-state index contributed by atoms with van der Waals surface area (Å²) in [5.41, 5.74) is 2.43. The molecule has 0 radical (unpaired) electrons. The smallest absolute Gasteiger partial charge is 0.251 e. The van der Waals surface area contributed by atoms with Gasteiger partial charge in [0.1, 0.15) is 5.75 Å². The van der Waals surface area contributed by atoms with Crippen molar-refractivity contribution < 1.29 is 9.53 Å². The minimum absolute atomic E-state index is 0.108. The van der Waals surface area contributed by atoms with Gasteiger partial charge in [-0.25, -0.2) is 0 Å². The van der Waals surface area contributed by atoms with Crippen LogP contribution in [-0.4, -0.2) is 12.5 Å². The highest BCUT2D eigenvalue weighted by molar-refractivity contribution is 6.06. The van der Waals surface area contributed by atoms with Crippen LogP contribution in [0.15, 0.2) is 60.2 Å². The molecule has 0 fully saturated rings. The molecule has 0 aliphatic carbocycles. The Hall–Kier alpha value is -2.55. The van der Waals surface area contributed by atoms with Gasteiger partial charge < -0.3 is 10.1 Å². The minimum atomic E-state index is -0.108. The van der Waals surface area contributed by atoms with E-state index in [1.165, 1.54) is 0 Å². The number of carbonyl (C=O) groups excluding carboxylic acids is 1. The standard InChI is InChI=1S/C18H19NO2/c1-3-21-17-11-9-16(10-12-17)19-18(20)14(2)13-15-7-5-4-6-8-15/h4-13H,3H2,1-2H3,(H,19,20)/b14-13+. The Morgan fingerprint density at radius 1 is 1.10 bits per heavy atom. The van der Waals surface area contributed by atoms with Gasteiger partial charge in [-0.2, -0.15) is 0 Å². The first-order valence-corrected chi connectivity index (χ1v) is 6.96. The van der Waals surface area contributed by atoms with Crippen LogP contribution in [0.4, 0.5) is 5.69 Å². The van der Waals surface area contributed by atoms with E-state index in [-0.39, 0.29) is 5.91 Å². The summed E-state index contributed by atoms with van der Waals surface area (Å²) in [6.45, 7) is 4.37. The molecule has 0 unspecified atom stereocenters. The molecule has 2 aromatic carbocycles. The number of amides is 1. The lowest BCUT2D eigenvalue weighted by molar-refractivity contribution is -0.112. The first kappa shape index (κ1) is 14.9. The van der Waals surface area contributed by atoms with Crippen molar-refractivity contribution in [1.29, 1.82) is 0 Å². The highest BCUT2D eigenvalue weighted by atomic mass is 16.5. The average molecular weight is 281 g/mol. The number of carbonyl (C=O) groups is 1. The number of benzene rings is 2. The van der Waals surface area contributed by atoms with E-state index in [9.17, 15) is 4.79 Å². The molecule has 108 valence electrons. The third kappa shape index (κ3) is 4.49. The second kappa shape index (κ2) is 7.29. The summed E-state index contributed by atoms with van der Waals surface area (Å²) in [7, 11) is 0. The van der Waals surface area contributed by atoms with Gasteiger partial charge in [0.15, 0.2) is 0 Å². The third-order valence-electron chi connectivity index (χ3n) is 2.96. The van der Waals surface area contributed by atoms with Crippen LogP contribution in [0, 0.1) is 0 Å². The van der Waals surface area contributed by atoms with E-state index in [2.05, 4.69) is 5.32 Å². The summed E-state index contributed by atoms with van der Waals surface area (Å²) >= 11 is 0. The van der Waals surface area contributed by atoms with Gasteiger partial charge in [0.05, 0.1) is 6.61 Å². The van der Waals surface area contributed by atoms with Crippen LogP contribution in [0.3, 0.4) is 0 Å². The average Bonchev–Trinajstić information content (AvgIpc) is 2.50. The van der Waals surface area contributed by atoms with E-state index in [0.29, 0.717) is 12.2 Å². The maximum atomic E-state index is 12.1. The van der Waals surface area contributed by atoms with Gasteiger partial charge in [0, 0.05) is 11.3 Å². The quantitative estimate of drug-likeness (QED) is 0.837. The molecule has 0 saturated heterocycles. The Morgan fingerprint density at radius 2 is 1.76 bits per heavy atom. The first-order chi connectivity index (χ1) is 10.2. The van der Waals surface area contributed by atoms with Crippen molar-refractivity contribution in [2.75, 3.05) is 11.9 Å². The molecule has 3 heteroatoms. The highest BCUT2D eigenvalue weighted by Crippen LogP contribution is 2.16. The van der Waals surface area contributed by atoms with Gasteiger partial charge in [-0.15, -0.1) is 0 Å². The second-order valence-corrected chi connectivity index (χ2v) is 4.65. The van der Waals surface area contributed by atoms with E-state index in [4.69, 9.17) is 4.74 Å². The summed E-state index contributed by atoms with van der Waals surface area (Å²) in [4.78, 5) is 12.1. The largest absolute Gasteiger partial charge is 0.494 e. The van der Waals surface area contributed by atoms with Crippen molar-refractivity contribution in [3.8, 4) is 5.75 Å². The summed E-state index contributed by atoms with van der Waals surface area (Å²) in [5, 5.41) is 2.87. The van der Waals surface area contributed by atoms with Crippen molar-refractivity contribution in [2.24, 2.45) is 0 Å². The van der Waals surface area contributed by atoms with Gasteiger partial charge in [-0.05, 0) is 49.8 Å². The van der Waals surface area contributed by atoms with Crippen molar-refractivity contribution in [2.45, 2.75) is 13.8 Å². The van der Waals surface area contributed by atoms with Gasteiger partial charge in [0.2, 0.25) is 0 Å².